The molecular formula is C11H12FNO4. The number of aliphatic hydroxyl groups is 1. The average molecular weight is 241 g/mol. The van der Waals surface area contributed by atoms with E-state index >= 15 is 0 Å². The lowest BCUT2D eigenvalue weighted by atomic mass is 10.0. The number of carbonyl (C=O) groups is 1. The van der Waals surface area contributed by atoms with Crippen molar-refractivity contribution in [2.45, 2.75) is 18.6 Å². The van der Waals surface area contributed by atoms with Crippen molar-refractivity contribution in [3.05, 3.63) is 29.6 Å². The summed E-state index contributed by atoms with van der Waals surface area (Å²) in [5.41, 5.74) is 0.184. The van der Waals surface area contributed by atoms with E-state index in [4.69, 9.17) is 5.11 Å². The number of benzene rings is 1. The van der Waals surface area contributed by atoms with Crippen LogP contribution in [0.1, 0.15) is 18.0 Å². The predicted molar refractivity (Wildman–Crippen MR) is 56.2 cm³/mol. The summed E-state index contributed by atoms with van der Waals surface area (Å²) in [6, 6.07) is 2.65. The first-order valence-electron chi connectivity index (χ1n) is 5.15. The van der Waals surface area contributed by atoms with Crippen LogP contribution < -0.4 is 0 Å². The number of likely N-dealkylation sites (tertiary alicyclic amines) is 1. The van der Waals surface area contributed by atoms with E-state index in [1.54, 1.807) is 0 Å². The third kappa shape index (κ3) is 2.16. The van der Waals surface area contributed by atoms with Gasteiger partial charge in [0.25, 0.3) is 0 Å². The highest BCUT2D eigenvalue weighted by atomic mass is 19.1. The highest BCUT2D eigenvalue weighted by molar-refractivity contribution is 5.66. The van der Waals surface area contributed by atoms with Crippen LogP contribution in [0.5, 0.6) is 5.75 Å². The lowest BCUT2D eigenvalue weighted by Crippen LogP contribution is -2.30. The largest absolute Gasteiger partial charge is 0.508 e. The Morgan fingerprint density at radius 2 is 2.18 bits per heavy atom. The van der Waals surface area contributed by atoms with Gasteiger partial charge in [0.1, 0.15) is 11.6 Å². The molecule has 1 unspecified atom stereocenters. The number of aromatic hydroxyl groups is 1. The van der Waals surface area contributed by atoms with Crippen molar-refractivity contribution in [2.24, 2.45) is 0 Å². The summed E-state index contributed by atoms with van der Waals surface area (Å²) in [4.78, 5) is 12.0. The number of phenols is 1. The number of phenolic OH excluding ortho intramolecular Hbond substituents is 1. The van der Waals surface area contributed by atoms with Crippen LogP contribution in [-0.4, -0.2) is 39.0 Å². The average Bonchev–Trinajstić information content (AvgIpc) is 2.64. The van der Waals surface area contributed by atoms with Gasteiger partial charge in [-0.3, -0.25) is 4.90 Å². The summed E-state index contributed by atoms with van der Waals surface area (Å²) in [6.45, 7) is -0.0318. The highest BCUT2D eigenvalue weighted by Gasteiger charge is 2.36. The van der Waals surface area contributed by atoms with Crippen molar-refractivity contribution in [3.63, 3.8) is 0 Å². The van der Waals surface area contributed by atoms with Crippen LogP contribution in [-0.2, 0) is 0 Å². The molecule has 0 bridgehead atoms. The summed E-state index contributed by atoms with van der Waals surface area (Å²) >= 11 is 0. The molecule has 3 N–H and O–H groups in total. The molecule has 5 nitrogen and oxygen atoms in total. The van der Waals surface area contributed by atoms with Gasteiger partial charge in [-0.15, -0.1) is 0 Å². The molecule has 1 aromatic carbocycles. The van der Waals surface area contributed by atoms with Crippen LogP contribution in [0.3, 0.4) is 0 Å². The normalized spacial score (nSPS) is 24.0. The molecule has 6 heteroatoms. The zero-order valence-corrected chi connectivity index (χ0v) is 8.88. The van der Waals surface area contributed by atoms with Gasteiger partial charge < -0.3 is 15.3 Å². The molecule has 0 spiro atoms. The molecule has 0 aromatic heterocycles. The number of hydrogen-bond acceptors (Lipinski definition) is 3. The summed E-state index contributed by atoms with van der Waals surface area (Å²) in [6.07, 6.45) is -1.84. The van der Waals surface area contributed by atoms with Gasteiger partial charge in [0.15, 0.2) is 0 Å². The minimum Gasteiger partial charge on any atom is -0.508 e. The molecule has 1 amide bonds. The van der Waals surface area contributed by atoms with Crippen molar-refractivity contribution in [2.75, 3.05) is 6.54 Å². The van der Waals surface area contributed by atoms with Crippen LogP contribution >= 0.6 is 0 Å². The molecule has 1 saturated heterocycles. The number of rotatable bonds is 1. The van der Waals surface area contributed by atoms with E-state index in [9.17, 15) is 19.4 Å². The second-order valence-corrected chi connectivity index (χ2v) is 4.04. The maximum atomic E-state index is 13.1. The number of amides is 1. The summed E-state index contributed by atoms with van der Waals surface area (Å²) < 4.78 is 13.1. The maximum Gasteiger partial charge on any atom is 0.407 e. The summed E-state index contributed by atoms with van der Waals surface area (Å²) in [5.74, 6) is -0.721. The maximum absolute atomic E-state index is 13.1. The molecule has 1 aliphatic heterocycles. The Kier molecular flexibility index (Phi) is 2.89. The summed E-state index contributed by atoms with van der Waals surface area (Å²) in [5, 5.41) is 28.0. The van der Waals surface area contributed by atoms with Gasteiger partial charge in [0.2, 0.25) is 0 Å². The first-order chi connectivity index (χ1) is 7.99. The third-order valence-electron chi connectivity index (χ3n) is 2.87. The van der Waals surface area contributed by atoms with E-state index in [1.807, 2.05) is 0 Å². The van der Waals surface area contributed by atoms with Gasteiger partial charge >= 0.3 is 6.09 Å². The molecule has 0 radical (unpaired) electrons. The molecular weight excluding hydrogens is 229 g/mol. The van der Waals surface area contributed by atoms with E-state index in [1.165, 1.54) is 6.07 Å². The Morgan fingerprint density at radius 3 is 2.82 bits per heavy atom. The second-order valence-electron chi connectivity index (χ2n) is 4.04. The Labute approximate surface area is 96.7 Å². The third-order valence-corrected chi connectivity index (χ3v) is 2.87. The molecule has 0 saturated carbocycles. The van der Waals surface area contributed by atoms with E-state index in [0.717, 1.165) is 17.0 Å². The Bertz CT molecular complexity index is 451. The number of hydrogen-bond donors (Lipinski definition) is 3. The van der Waals surface area contributed by atoms with Crippen molar-refractivity contribution in [1.29, 1.82) is 0 Å². The smallest absolute Gasteiger partial charge is 0.407 e. The molecule has 92 valence electrons. The second kappa shape index (κ2) is 4.21. The number of halogens is 1. The van der Waals surface area contributed by atoms with Gasteiger partial charge in [-0.25, -0.2) is 9.18 Å². The zero-order valence-electron chi connectivity index (χ0n) is 8.88. The molecule has 1 heterocycles. The number of β-amino-alcohol motifs (C(OH)–C–C–N with tert-alkyl or cyclic N) is 1. The molecule has 1 fully saturated rings. The highest BCUT2D eigenvalue weighted by Crippen LogP contribution is 2.36. The van der Waals surface area contributed by atoms with Gasteiger partial charge in [-0.05, 0) is 24.6 Å². The molecule has 1 aromatic rings. The number of aliphatic hydroxyl groups excluding tert-OH is 1. The molecule has 2 rings (SSSR count). The Hall–Kier alpha value is -1.82. The fraction of sp³-hybridized carbons (Fsp3) is 0.364. The minimum absolute atomic E-state index is 0.0318. The van der Waals surface area contributed by atoms with E-state index in [-0.39, 0.29) is 24.3 Å². The molecule has 17 heavy (non-hydrogen) atoms. The van der Waals surface area contributed by atoms with Gasteiger partial charge in [0.05, 0.1) is 18.7 Å². The number of carboxylic acid groups (broad SMARTS) is 1. The fourth-order valence-electron chi connectivity index (χ4n) is 2.11. The van der Waals surface area contributed by atoms with Crippen molar-refractivity contribution < 1.29 is 24.5 Å². The van der Waals surface area contributed by atoms with Crippen LogP contribution in [0.2, 0.25) is 0 Å². The number of nitrogens with zero attached hydrogens (tertiary/aromatic N) is 1. The summed E-state index contributed by atoms with van der Waals surface area (Å²) in [7, 11) is 0. The van der Waals surface area contributed by atoms with Gasteiger partial charge in [-0.1, -0.05) is 0 Å². The topological polar surface area (TPSA) is 81.0 Å². The Balaban J connectivity index is 2.37. The van der Waals surface area contributed by atoms with E-state index in [0.29, 0.717) is 0 Å². The van der Waals surface area contributed by atoms with Crippen LogP contribution in [0.15, 0.2) is 18.2 Å². The monoisotopic (exact) mass is 241 g/mol. The predicted octanol–water partition coefficient (Wildman–Crippen LogP) is 1.32. The molecule has 2 atom stereocenters. The minimum atomic E-state index is -1.20. The first kappa shape index (κ1) is 11.7. The zero-order chi connectivity index (χ0) is 12.6. The van der Waals surface area contributed by atoms with Crippen LogP contribution in [0.25, 0.3) is 0 Å². The molecule has 1 aliphatic rings. The lowest BCUT2D eigenvalue weighted by Gasteiger charge is -2.22. The van der Waals surface area contributed by atoms with Gasteiger partial charge in [-0.2, -0.15) is 0 Å². The van der Waals surface area contributed by atoms with Crippen molar-refractivity contribution in [1.82, 2.24) is 4.90 Å². The van der Waals surface area contributed by atoms with Crippen molar-refractivity contribution >= 4 is 6.09 Å². The molecule has 0 aliphatic carbocycles. The van der Waals surface area contributed by atoms with Crippen LogP contribution in [0, 0.1) is 5.82 Å². The standard InChI is InChI=1S/C11H12FNO4/c12-6-1-2-10(15)8(3-6)9-4-7(14)5-13(9)11(16)17/h1-3,7,9,14-15H,4-5H2,(H,16,17)/t7-,9?/m1/s1. The van der Waals surface area contributed by atoms with E-state index < -0.39 is 24.1 Å². The quantitative estimate of drug-likeness (QED) is 0.692. The van der Waals surface area contributed by atoms with E-state index in [2.05, 4.69) is 0 Å². The fourth-order valence-corrected chi connectivity index (χ4v) is 2.11. The van der Waals surface area contributed by atoms with Crippen LogP contribution in [0.4, 0.5) is 9.18 Å². The van der Waals surface area contributed by atoms with Gasteiger partial charge in [0, 0.05) is 5.56 Å². The SMILES string of the molecule is O=C(O)N1C[C@H](O)CC1c1cc(F)ccc1O. The Morgan fingerprint density at radius 1 is 1.47 bits per heavy atom. The van der Waals surface area contributed by atoms with Crippen molar-refractivity contribution in [3.8, 4) is 5.75 Å². The lowest BCUT2D eigenvalue weighted by molar-refractivity contribution is 0.131. The first-order valence-corrected chi connectivity index (χ1v) is 5.15.